The van der Waals surface area contributed by atoms with Gasteiger partial charge in [0.2, 0.25) is 0 Å². The first-order valence-electron chi connectivity index (χ1n) is 8.06. The molecule has 1 heterocycles. The molecule has 1 aliphatic rings. The van der Waals surface area contributed by atoms with Crippen LogP contribution in [0.15, 0.2) is 54.6 Å². The van der Waals surface area contributed by atoms with Gasteiger partial charge in [-0.15, -0.1) is 0 Å². The molecule has 1 amide bonds. The molecule has 1 atom stereocenters. The van der Waals surface area contributed by atoms with E-state index >= 15 is 0 Å². The van der Waals surface area contributed by atoms with Crippen LogP contribution in [0.1, 0.15) is 35.3 Å². The Morgan fingerprint density at radius 1 is 1.13 bits per heavy atom. The Morgan fingerprint density at radius 2 is 1.78 bits per heavy atom. The minimum absolute atomic E-state index is 0.0477. The van der Waals surface area contributed by atoms with Crippen LogP contribution in [0, 0.1) is 6.92 Å². The monoisotopic (exact) mass is 309 g/mol. The molecule has 0 aliphatic carbocycles. The Kier molecular flexibility index (Phi) is 4.22. The van der Waals surface area contributed by atoms with Crippen LogP contribution in [0.25, 0.3) is 0 Å². The van der Waals surface area contributed by atoms with Gasteiger partial charge < -0.3 is 9.64 Å². The van der Waals surface area contributed by atoms with Gasteiger partial charge in [0.05, 0.1) is 12.6 Å². The summed E-state index contributed by atoms with van der Waals surface area (Å²) in [5, 5.41) is 0. The summed E-state index contributed by atoms with van der Waals surface area (Å²) in [7, 11) is 0. The number of amides is 1. The van der Waals surface area contributed by atoms with Gasteiger partial charge in [0.1, 0.15) is 5.72 Å². The first-order chi connectivity index (χ1) is 11.0. The van der Waals surface area contributed by atoms with E-state index in [9.17, 15) is 4.79 Å². The van der Waals surface area contributed by atoms with E-state index in [4.69, 9.17) is 4.74 Å². The highest BCUT2D eigenvalue weighted by atomic mass is 16.5. The van der Waals surface area contributed by atoms with Gasteiger partial charge in [0.15, 0.2) is 0 Å². The van der Waals surface area contributed by atoms with Crippen molar-refractivity contribution in [3.8, 4) is 0 Å². The van der Waals surface area contributed by atoms with Crippen molar-refractivity contribution in [3.63, 3.8) is 0 Å². The van der Waals surface area contributed by atoms with Crippen LogP contribution in [0.2, 0.25) is 0 Å². The highest BCUT2D eigenvalue weighted by Gasteiger charge is 2.44. The summed E-state index contributed by atoms with van der Waals surface area (Å²) in [6, 6.07) is 18.1. The standard InChI is InChI=1S/C20H23NO2/c1-15-9-7-8-12-18(15)19(22)21-17(14-23-20(21,2)3)13-16-10-5-4-6-11-16/h4-12,17H,13-14H2,1-3H3. The Hall–Kier alpha value is -2.13. The van der Waals surface area contributed by atoms with Crippen LogP contribution < -0.4 is 0 Å². The molecule has 2 aromatic rings. The molecule has 1 fully saturated rings. The molecule has 1 aliphatic heterocycles. The van der Waals surface area contributed by atoms with Crippen LogP contribution in [0.4, 0.5) is 0 Å². The number of carbonyl (C=O) groups excluding carboxylic acids is 1. The summed E-state index contributed by atoms with van der Waals surface area (Å²) in [6.45, 7) is 6.48. The van der Waals surface area contributed by atoms with Crippen LogP contribution in [0.5, 0.6) is 0 Å². The quantitative estimate of drug-likeness (QED) is 0.863. The summed E-state index contributed by atoms with van der Waals surface area (Å²) >= 11 is 0. The maximum absolute atomic E-state index is 13.1. The average Bonchev–Trinajstić information content (AvgIpc) is 2.83. The number of hydrogen-bond acceptors (Lipinski definition) is 2. The van der Waals surface area contributed by atoms with Gasteiger partial charge in [0, 0.05) is 5.56 Å². The van der Waals surface area contributed by atoms with Crippen molar-refractivity contribution < 1.29 is 9.53 Å². The van der Waals surface area contributed by atoms with Crippen molar-refractivity contribution in [1.29, 1.82) is 0 Å². The lowest BCUT2D eigenvalue weighted by Gasteiger charge is -2.34. The topological polar surface area (TPSA) is 29.5 Å². The number of benzene rings is 2. The molecule has 0 N–H and O–H groups in total. The van der Waals surface area contributed by atoms with Crippen molar-refractivity contribution in [2.24, 2.45) is 0 Å². The molecule has 23 heavy (non-hydrogen) atoms. The normalized spacial score (nSPS) is 19.8. The molecule has 0 saturated carbocycles. The van der Waals surface area contributed by atoms with Crippen molar-refractivity contribution in [3.05, 3.63) is 71.3 Å². The number of nitrogens with zero attached hydrogens (tertiary/aromatic N) is 1. The Bertz CT molecular complexity index is 694. The van der Waals surface area contributed by atoms with Crippen molar-refractivity contribution in [2.45, 2.75) is 39.0 Å². The van der Waals surface area contributed by atoms with E-state index in [-0.39, 0.29) is 11.9 Å². The summed E-state index contributed by atoms with van der Waals surface area (Å²) in [6.07, 6.45) is 0.807. The van der Waals surface area contributed by atoms with E-state index in [0.29, 0.717) is 6.61 Å². The molecule has 120 valence electrons. The zero-order valence-electron chi connectivity index (χ0n) is 14.0. The lowest BCUT2D eigenvalue weighted by Crippen LogP contribution is -2.48. The van der Waals surface area contributed by atoms with Crippen LogP contribution in [-0.4, -0.2) is 29.2 Å². The van der Waals surface area contributed by atoms with Gasteiger partial charge in [-0.2, -0.15) is 0 Å². The third-order valence-corrected chi connectivity index (χ3v) is 4.48. The zero-order valence-corrected chi connectivity index (χ0v) is 14.0. The number of carbonyl (C=O) groups is 1. The highest BCUT2D eigenvalue weighted by Crippen LogP contribution is 2.31. The Morgan fingerprint density at radius 3 is 2.48 bits per heavy atom. The minimum atomic E-state index is -0.585. The molecule has 0 radical (unpaired) electrons. The summed E-state index contributed by atoms with van der Waals surface area (Å²) in [5.74, 6) is 0.0477. The van der Waals surface area contributed by atoms with Gasteiger partial charge in [-0.3, -0.25) is 4.79 Å². The number of ether oxygens (including phenoxy) is 1. The van der Waals surface area contributed by atoms with E-state index < -0.39 is 5.72 Å². The molecule has 3 nitrogen and oxygen atoms in total. The molecule has 0 aromatic heterocycles. The Labute approximate surface area is 137 Å². The molecule has 1 saturated heterocycles. The first-order valence-corrected chi connectivity index (χ1v) is 8.06. The maximum atomic E-state index is 13.1. The third-order valence-electron chi connectivity index (χ3n) is 4.48. The first kappa shape index (κ1) is 15.8. The highest BCUT2D eigenvalue weighted by molar-refractivity contribution is 5.96. The largest absolute Gasteiger partial charge is 0.354 e. The van der Waals surface area contributed by atoms with Gasteiger partial charge >= 0.3 is 0 Å². The number of hydrogen-bond donors (Lipinski definition) is 0. The van der Waals surface area contributed by atoms with Gasteiger partial charge in [-0.05, 0) is 44.4 Å². The van der Waals surface area contributed by atoms with Crippen molar-refractivity contribution >= 4 is 5.91 Å². The van der Waals surface area contributed by atoms with Gasteiger partial charge in [-0.25, -0.2) is 0 Å². The SMILES string of the molecule is Cc1ccccc1C(=O)N1C(Cc2ccccc2)COC1(C)C. The molecule has 0 bridgehead atoms. The molecule has 2 aromatic carbocycles. The fraction of sp³-hybridized carbons (Fsp3) is 0.350. The van der Waals surface area contributed by atoms with Crippen molar-refractivity contribution in [2.75, 3.05) is 6.61 Å². The summed E-state index contributed by atoms with van der Waals surface area (Å²) in [4.78, 5) is 15.0. The fourth-order valence-corrected chi connectivity index (χ4v) is 3.27. The van der Waals surface area contributed by atoms with Crippen LogP contribution >= 0.6 is 0 Å². The van der Waals surface area contributed by atoms with E-state index in [1.807, 2.05) is 68.1 Å². The third kappa shape index (κ3) is 3.15. The summed E-state index contributed by atoms with van der Waals surface area (Å²) in [5.41, 5.74) is 2.39. The maximum Gasteiger partial charge on any atom is 0.256 e. The predicted molar refractivity (Wildman–Crippen MR) is 91.3 cm³/mol. The Balaban J connectivity index is 1.89. The minimum Gasteiger partial charge on any atom is -0.354 e. The lowest BCUT2D eigenvalue weighted by atomic mass is 10.0. The molecular weight excluding hydrogens is 286 g/mol. The van der Waals surface area contributed by atoms with Crippen LogP contribution in [-0.2, 0) is 11.2 Å². The second kappa shape index (κ2) is 6.17. The van der Waals surface area contributed by atoms with Crippen LogP contribution in [0.3, 0.4) is 0 Å². The van der Waals surface area contributed by atoms with E-state index in [2.05, 4.69) is 12.1 Å². The molecule has 3 heteroatoms. The predicted octanol–water partition coefficient (Wildman–Crippen LogP) is 3.81. The molecule has 0 spiro atoms. The fourth-order valence-electron chi connectivity index (χ4n) is 3.27. The summed E-state index contributed by atoms with van der Waals surface area (Å²) < 4.78 is 5.93. The lowest BCUT2D eigenvalue weighted by molar-refractivity contribution is -0.0402. The van der Waals surface area contributed by atoms with E-state index in [1.165, 1.54) is 5.56 Å². The second-order valence-electron chi connectivity index (χ2n) is 6.59. The molecule has 3 rings (SSSR count). The zero-order chi connectivity index (χ0) is 16.4. The van der Waals surface area contributed by atoms with E-state index in [1.54, 1.807) is 0 Å². The van der Waals surface area contributed by atoms with Gasteiger partial charge in [-0.1, -0.05) is 48.5 Å². The number of aryl methyl sites for hydroxylation is 1. The number of rotatable bonds is 3. The van der Waals surface area contributed by atoms with E-state index in [0.717, 1.165) is 17.5 Å². The van der Waals surface area contributed by atoms with Gasteiger partial charge in [0.25, 0.3) is 5.91 Å². The average molecular weight is 309 g/mol. The molecular formula is C20H23NO2. The van der Waals surface area contributed by atoms with Crippen molar-refractivity contribution in [1.82, 2.24) is 4.90 Å². The smallest absolute Gasteiger partial charge is 0.256 e. The second-order valence-corrected chi connectivity index (χ2v) is 6.59. The molecule has 1 unspecified atom stereocenters.